The molecule has 1 aliphatic heterocycles. The van der Waals surface area contributed by atoms with E-state index in [0.29, 0.717) is 17.9 Å². The van der Waals surface area contributed by atoms with Crippen molar-refractivity contribution in [1.82, 2.24) is 5.06 Å². The Morgan fingerprint density at radius 1 is 1.17 bits per heavy atom. The van der Waals surface area contributed by atoms with Crippen LogP contribution in [0.15, 0.2) is 11.1 Å². The van der Waals surface area contributed by atoms with E-state index in [-0.39, 0.29) is 17.3 Å². The van der Waals surface area contributed by atoms with Gasteiger partial charge >= 0.3 is 0 Å². The molecule has 1 fully saturated rings. The monoisotopic (exact) mass is 249 g/mol. The van der Waals surface area contributed by atoms with Crippen molar-refractivity contribution in [3.63, 3.8) is 0 Å². The first-order valence-electron chi connectivity index (χ1n) is 6.70. The van der Waals surface area contributed by atoms with Crippen molar-refractivity contribution in [2.24, 2.45) is 17.3 Å². The largest absolute Gasteiger partial charge is 0.278 e. The minimum atomic E-state index is -0.405. The first-order valence-corrected chi connectivity index (χ1v) is 6.70. The molecule has 3 rings (SSSR count). The van der Waals surface area contributed by atoms with Crippen LogP contribution in [0.25, 0.3) is 0 Å². The molecule has 1 N–H and O–H groups in total. The van der Waals surface area contributed by atoms with Crippen LogP contribution in [0.4, 0.5) is 0 Å². The summed E-state index contributed by atoms with van der Waals surface area (Å²) in [4.78, 5) is 23.7. The summed E-state index contributed by atoms with van der Waals surface area (Å²) >= 11 is 0. The van der Waals surface area contributed by atoms with E-state index in [2.05, 4.69) is 13.8 Å². The van der Waals surface area contributed by atoms with Crippen molar-refractivity contribution in [2.75, 3.05) is 0 Å². The fraction of sp³-hybridized carbons (Fsp3) is 0.714. The molecule has 0 spiro atoms. The third kappa shape index (κ3) is 1.48. The molecular weight excluding hydrogens is 230 g/mol. The second kappa shape index (κ2) is 3.67. The molecular formula is C14H19NO3. The zero-order valence-corrected chi connectivity index (χ0v) is 10.9. The third-order valence-electron chi connectivity index (χ3n) is 4.95. The maximum atomic E-state index is 11.9. The van der Waals surface area contributed by atoms with Crippen molar-refractivity contribution in [1.29, 1.82) is 0 Å². The van der Waals surface area contributed by atoms with Crippen LogP contribution in [0.3, 0.4) is 0 Å². The quantitative estimate of drug-likeness (QED) is 0.407. The van der Waals surface area contributed by atoms with E-state index in [1.54, 1.807) is 0 Å². The second-order valence-electron chi connectivity index (χ2n) is 6.43. The number of nitrogens with zero attached hydrogens (tertiary/aromatic N) is 1. The van der Waals surface area contributed by atoms with Crippen LogP contribution in [0.2, 0.25) is 0 Å². The van der Waals surface area contributed by atoms with Gasteiger partial charge in [-0.25, -0.2) is 0 Å². The van der Waals surface area contributed by atoms with Gasteiger partial charge in [0.15, 0.2) is 0 Å². The van der Waals surface area contributed by atoms with Gasteiger partial charge in [-0.05, 0) is 37.5 Å². The number of carbonyl (C=O) groups excluding carboxylic acids is 2. The topological polar surface area (TPSA) is 57.6 Å². The molecule has 0 bridgehead atoms. The van der Waals surface area contributed by atoms with Gasteiger partial charge in [-0.3, -0.25) is 14.8 Å². The Morgan fingerprint density at radius 2 is 1.78 bits per heavy atom. The van der Waals surface area contributed by atoms with Crippen molar-refractivity contribution >= 4 is 11.8 Å². The highest BCUT2D eigenvalue weighted by Crippen LogP contribution is 2.51. The highest BCUT2D eigenvalue weighted by Gasteiger charge is 2.51. The van der Waals surface area contributed by atoms with Crippen molar-refractivity contribution in [2.45, 2.75) is 46.0 Å². The van der Waals surface area contributed by atoms with Crippen LogP contribution in [0.5, 0.6) is 0 Å². The van der Waals surface area contributed by atoms with E-state index in [1.165, 1.54) is 11.1 Å². The number of amides is 2. The summed E-state index contributed by atoms with van der Waals surface area (Å²) in [6, 6.07) is 0. The maximum absolute atomic E-state index is 11.9. The Hall–Kier alpha value is -1.16. The number of carbonyl (C=O) groups is 2. The zero-order valence-electron chi connectivity index (χ0n) is 10.9. The van der Waals surface area contributed by atoms with Crippen molar-refractivity contribution in [3.05, 3.63) is 11.1 Å². The standard InChI is InChI=1S/C14H19NO3/c1-14(2)5-3-4-8-6-9-10(7-11(8)14)13(17)15(18)12(9)16/h9-10,18H,3-7H2,1-2H3/t9-,10-/m1/s1. The molecule has 4 nitrogen and oxygen atoms in total. The summed E-state index contributed by atoms with van der Waals surface area (Å²) in [5.74, 6) is -1.44. The number of rotatable bonds is 0. The van der Waals surface area contributed by atoms with Crippen LogP contribution in [0.1, 0.15) is 46.0 Å². The lowest BCUT2D eigenvalue weighted by atomic mass is 9.63. The van der Waals surface area contributed by atoms with Gasteiger partial charge in [0.25, 0.3) is 11.8 Å². The molecule has 1 heterocycles. The van der Waals surface area contributed by atoms with E-state index in [4.69, 9.17) is 0 Å². The minimum absolute atomic E-state index is 0.144. The Morgan fingerprint density at radius 3 is 2.44 bits per heavy atom. The van der Waals surface area contributed by atoms with Gasteiger partial charge in [0.1, 0.15) is 0 Å². The molecule has 0 aromatic heterocycles. The first-order chi connectivity index (χ1) is 8.42. The van der Waals surface area contributed by atoms with Crippen LogP contribution >= 0.6 is 0 Å². The predicted molar refractivity (Wildman–Crippen MR) is 64.5 cm³/mol. The van der Waals surface area contributed by atoms with Gasteiger partial charge in [-0.2, -0.15) is 5.06 Å². The average Bonchev–Trinajstić information content (AvgIpc) is 2.53. The predicted octanol–water partition coefficient (Wildman–Crippen LogP) is 2.28. The Balaban J connectivity index is 1.98. The maximum Gasteiger partial charge on any atom is 0.257 e. The summed E-state index contributed by atoms with van der Waals surface area (Å²) < 4.78 is 0. The molecule has 0 aromatic carbocycles. The van der Waals surface area contributed by atoms with Gasteiger partial charge in [-0.1, -0.05) is 25.0 Å². The number of hydrogen-bond donors (Lipinski definition) is 1. The smallest absolute Gasteiger partial charge is 0.257 e. The number of fused-ring (bicyclic) bond motifs is 1. The van der Waals surface area contributed by atoms with Crippen LogP contribution in [-0.4, -0.2) is 22.1 Å². The van der Waals surface area contributed by atoms with E-state index in [9.17, 15) is 14.8 Å². The third-order valence-corrected chi connectivity index (χ3v) is 4.95. The summed E-state index contributed by atoms with van der Waals surface area (Å²) in [5, 5.41) is 9.82. The molecule has 0 saturated carbocycles. The normalized spacial score (nSPS) is 34.7. The van der Waals surface area contributed by atoms with Crippen LogP contribution < -0.4 is 0 Å². The molecule has 0 aromatic rings. The van der Waals surface area contributed by atoms with Crippen LogP contribution in [0, 0.1) is 17.3 Å². The van der Waals surface area contributed by atoms with Crippen molar-refractivity contribution < 1.29 is 14.8 Å². The van der Waals surface area contributed by atoms with Gasteiger partial charge in [0.2, 0.25) is 0 Å². The molecule has 0 radical (unpaired) electrons. The number of hydrogen-bond acceptors (Lipinski definition) is 3. The lowest BCUT2D eigenvalue weighted by molar-refractivity contribution is -0.173. The molecule has 3 aliphatic rings. The highest BCUT2D eigenvalue weighted by atomic mass is 16.5. The lowest BCUT2D eigenvalue weighted by Gasteiger charge is -2.40. The summed E-state index contributed by atoms with van der Waals surface area (Å²) in [7, 11) is 0. The fourth-order valence-electron chi connectivity index (χ4n) is 3.88. The SMILES string of the molecule is CC1(C)CCCC2=C1C[C@H]1C(=O)N(O)C(=O)[C@@H]1C2. The van der Waals surface area contributed by atoms with Gasteiger partial charge in [0.05, 0.1) is 11.8 Å². The number of allylic oxidation sites excluding steroid dienone is 2. The fourth-order valence-corrected chi connectivity index (χ4v) is 3.88. The van der Waals surface area contributed by atoms with Crippen LogP contribution in [-0.2, 0) is 9.59 Å². The summed E-state index contributed by atoms with van der Waals surface area (Å²) in [6.07, 6.45) is 4.69. The van der Waals surface area contributed by atoms with Gasteiger partial charge in [0, 0.05) is 0 Å². The minimum Gasteiger partial charge on any atom is -0.278 e. The van der Waals surface area contributed by atoms with E-state index >= 15 is 0 Å². The highest BCUT2D eigenvalue weighted by molar-refractivity contribution is 6.04. The second-order valence-corrected chi connectivity index (χ2v) is 6.43. The Kier molecular flexibility index (Phi) is 2.43. The molecule has 2 atom stereocenters. The molecule has 2 amide bonds. The van der Waals surface area contributed by atoms with E-state index < -0.39 is 11.8 Å². The summed E-state index contributed by atoms with van der Waals surface area (Å²) in [5.41, 5.74) is 2.88. The number of hydroxylamine groups is 2. The summed E-state index contributed by atoms with van der Waals surface area (Å²) in [6.45, 7) is 4.44. The van der Waals surface area contributed by atoms with Gasteiger partial charge in [-0.15, -0.1) is 0 Å². The first kappa shape index (κ1) is 11.9. The zero-order chi connectivity index (χ0) is 13.1. The molecule has 18 heavy (non-hydrogen) atoms. The number of imide groups is 1. The average molecular weight is 249 g/mol. The van der Waals surface area contributed by atoms with E-state index in [1.807, 2.05) is 0 Å². The molecule has 98 valence electrons. The lowest BCUT2D eigenvalue weighted by Crippen LogP contribution is -2.31. The molecule has 0 unspecified atom stereocenters. The Labute approximate surface area is 107 Å². The van der Waals surface area contributed by atoms with E-state index in [0.717, 1.165) is 19.3 Å². The van der Waals surface area contributed by atoms with Gasteiger partial charge < -0.3 is 0 Å². The molecule has 4 heteroatoms. The molecule has 1 saturated heterocycles. The van der Waals surface area contributed by atoms with Crippen molar-refractivity contribution in [3.8, 4) is 0 Å². The molecule has 2 aliphatic carbocycles. The Bertz CT molecular complexity index is 464.